The number of nitrogens with zero attached hydrogens (tertiary/aromatic N) is 1. The molecule has 3 aromatic rings. The number of rotatable bonds is 5. The molecule has 0 saturated carbocycles. The number of nitrogens with two attached hydrogens (primary N) is 1. The molecule has 6 heteroatoms. The Hall–Kier alpha value is -2.63. The van der Waals surface area contributed by atoms with E-state index in [4.69, 9.17) is 17.3 Å². The van der Waals surface area contributed by atoms with Gasteiger partial charge in [-0.2, -0.15) is 0 Å². The van der Waals surface area contributed by atoms with Crippen molar-refractivity contribution >= 4 is 46.4 Å². The van der Waals surface area contributed by atoms with E-state index in [0.29, 0.717) is 27.2 Å². The van der Waals surface area contributed by atoms with Crippen molar-refractivity contribution in [1.29, 1.82) is 0 Å². The standard InChI is InChI=1S/C22H17ClF2N2S/c23-20-2-1-3-21(25)19(20)13-8-15-4-6-16(7-5-15)14-28-22(26)27-18-11-9-17(24)10-12-18/h1-13H,14H2,(H2,26,27). The average Bonchev–Trinajstić information content (AvgIpc) is 2.69. The molecule has 0 atom stereocenters. The Morgan fingerprint density at radius 3 is 2.36 bits per heavy atom. The molecule has 0 bridgehead atoms. The molecule has 0 heterocycles. The second kappa shape index (κ2) is 9.53. The molecule has 2 nitrogen and oxygen atoms in total. The minimum absolute atomic E-state index is 0.309. The van der Waals surface area contributed by atoms with Crippen LogP contribution in [-0.4, -0.2) is 5.17 Å². The van der Waals surface area contributed by atoms with E-state index in [9.17, 15) is 8.78 Å². The van der Waals surface area contributed by atoms with E-state index in [-0.39, 0.29) is 11.6 Å². The van der Waals surface area contributed by atoms with Crippen LogP contribution >= 0.6 is 23.4 Å². The van der Waals surface area contributed by atoms with Crippen LogP contribution in [0.1, 0.15) is 16.7 Å². The van der Waals surface area contributed by atoms with E-state index in [1.165, 1.54) is 30.0 Å². The summed E-state index contributed by atoms with van der Waals surface area (Å²) in [6.07, 6.45) is 3.47. The lowest BCUT2D eigenvalue weighted by atomic mass is 10.1. The maximum Gasteiger partial charge on any atom is 0.159 e. The van der Waals surface area contributed by atoms with Crippen LogP contribution in [-0.2, 0) is 5.75 Å². The third-order valence-corrected chi connectivity index (χ3v) is 5.07. The molecule has 0 radical (unpaired) electrons. The minimum atomic E-state index is -0.354. The number of amidine groups is 1. The van der Waals surface area contributed by atoms with E-state index in [2.05, 4.69) is 4.99 Å². The van der Waals surface area contributed by atoms with Crippen LogP contribution in [0.4, 0.5) is 14.5 Å². The molecule has 0 amide bonds. The zero-order chi connectivity index (χ0) is 19.9. The molecule has 0 spiro atoms. The molecule has 0 aliphatic carbocycles. The Morgan fingerprint density at radius 2 is 1.68 bits per heavy atom. The van der Waals surface area contributed by atoms with Gasteiger partial charge in [0, 0.05) is 11.3 Å². The van der Waals surface area contributed by atoms with Crippen molar-refractivity contribution in [2.24, 2.45) is 10.7 Å². The molecule has 0 saturated heterocycles. The summed E-state index contributed by atoms with van der Waals surface area (Å²) in [6.45, 7) is 0. The number of aliphatic imine (C=N–C) groups is 1. The molecule has 28 heavy (non-hydrogen) atoms. The van der Waals surface area contributed by atoms with Gasteiger partial charge in [-0.3, -0.25) is 0 Å². The van der Waals surface area contributed by atoms with Gasteiger partial charge in [-0.15, -0.1) is 0 Å². The van der Waals surface area contributed by atoms with Gasteiger partial charge in [-0.1, -0.05) is 59.8 Å². The molecule has 0 fully saturated rings. The van der Waals surface area contributed by atoms with E-state index in [1.54, 1.807) is 30.3 Å². The van der Waals surface area contributed by atoms with Crippen molar-refractivity contribution in [3.05, 3.63) is 100 Å². The first kappa shape index (κ1) is 20.1. The van der Waals surface area contributed by atoms with Crippen LogP contribution < -0.4 is 5.73 Å². The van der Waals surface area contributed by atoms with E-state index in [0.717, 1.165) is 11.1 Å². The van der Waals surface area contributed by atoms with E-state index < -0.39 is 0 Å². The van der Waals surface area contributed by atoms with Gasteiger partial charge in [0.15, 0.2) is 5.17 Å². The summed E-state index contributed by atoms with van der Waals surface area (Å²) in [5.74, 6) is -0.0103. The summed E-state index contributed by atoms with van der Waals surface area (Å²) in [4.78, 5) is 4.24. The second-order valence-electron chi connectivity index (χ2n) is 5.93. The Balaban J connectivity index is 1.60. The largest absolute Gasteiger partial charge is 0.378 e. The second-order valence-corrected chi connectivity index (χ2v) is 7.33. The van der Waals surface area contributed by atoms with Crippen molar-refractivity contribution in [3.63, 3.8) is 0 Å². The summed E-state index contributed by atoms with van der Waals surface area (Å²) in [6, 6.07) is 18.3. The van der Waals surface area contributed by atoms with Crippen LogP contribution in [0.3, 0.4) is 0 Å². The lowest BCUT2D eigenvalue weighted by Gasteiger charge is -2.03. The first-order chi connectivity index (χ1) is 13.5. The Labute approximate surface area is 171 Å². The molecule has 0 aliphatic rings. The van der Waals surface area contributed by atoms with Gasteiger partial charge in [-0.25, -0.2) is 13.8 Å². The maximum atomic E-state index is 13.8. The topological polar surface area (TPSA) is 38.4 Å². The van der Waals surface area contributed by atoms with Gasteiger partial charge in [0.25, 0.3) is 0 Å². The highest BCUT2D eigenvalue weighted by Gasteiger charge is 2.03. The monoisotopic (exact) mass is 414 g/mol. The quantitative estimate of drug-likeness (QED) is 0.287. The molecule has 0 unspecified atom stereocenters. The Kier molecular flexibility index (Phi) is 6.85. The molecular weight excluding hydrogens is 398 g/mol. The SMILES string of the molecule is NC(=Nc1ccc(F)cc1)SCc1ccc(C=Cc2c(F)cccc2Cl)cc1. The highest BCUT2D eigenvalue weighted by molar-refractivity contribution is 8.13. The van der Waals surface area contributed by atoms with Gasteiger partial charge in [0.2, 0.25) is 0 Å². The zero-order valence-electron chi connectivity index (χ0n) is 14.8. The average molecular weight is 415 g/mol. The lowest BCUT2D eigenvalue weighted by molar-refractivity contribution is 0.625. The third-order valence-electron chi connectivity index (χ3n) is 3.87. The molecule has 0 aliphatic heterocycles. The lowest BCUT2D eigenvalue weighted by Crippen LogP contribution is -2.06. The number of thioether (sulfide) groups is 1. The van der Waals surface area contributed by atoms with Crippen LogP contribution in [0.5, 0.6) is 0 Å². The summed E-state index contributed by atoms with van der Waals surface area (Å²) in [5, 5.41) is 0.782. The van der Waals surface area contributed by atoms with Crippen molar-refractivity contribution in [1.82, 2.24) is 0 Å². The van der Waals surface area contributed by atoms with E-state index >= 15 is 0 Å². The van der Waals surface area contributed by atoms with Crippen LogP contribution in [0.25, 0.3) is 12.2 Å². The molecule has 3 aromatic carbocycles. The fourth-order valence-electron chi connectivity index (χ4n) is 2.41. The summed E-state index contributed by atoms with van der Waals surface area (Å²) in [5.41, 5.74) is 8.90. The molecule has 0 aromatic heterocycles. The number of benzene rings is 3. The van der Waals surface area contributed by atoms with Crippen molar-refractivity contribution < 1.29 is 8.78 Å². The normalized spacial score (nSPS) is 11.9. The van der Waals surface area contributed by atoms with Crippen LogP contribution in [0, 0.1) is 11.6 Å². The van der Waals surface area contributed by atoms with Crippen LogP contribution in [0.15, 0.2) is 71.7 Å². The number of hydrogen-bond acceptors (Lipinski definition) is 2. The smallest absolute Gasteiger partial charge is 0.159 e. The van der Waals surface area contributed by atoms with Crippen molar-refractivity contribution in [2.75, 3.05) is 0 Å². The zero-order valence-corrected chi connectivity index (χ0v) is 16.4. The van der Waals surface area contributed by atoms with Crippen molar-refractivity contribution in [3.8, 4) is 0 Å². The molecular formula is C22H17ClF2N2S. The summed E-state index contributed by atoms with van der Waals surface area (Å²) in [7, 11) is 0. The third kappa shape index (κ3) is 5.68. The van der Waals surface area contributed by atoms with Gasteiger partial charge in [0.1, 0.15) is 11.6 Å². The number of hydrogen-bond donors (Lipinski definition) is 1. The Bertz CT molecular complexity index is 980. The molecule has 2 N–H and O–H groups in total. The molecule has 142 valence electrons. The van der Waals surface area contributed by atoms with Gasteiger partial charge in [0.05, 0.1) is 10.7 Å². The maximum absolute atomic E-state index is 13.8. The number of halogens is 3. The summed E-state index contributed by atoms with van der Waals surface area (Å²) >= 11 is 7.42. The van der Waals surface area contributed by atoms with Gasteiger partial charge >= 0.3 is 0 Å². The van der Waals surface area contributed by atoms with Gasteiger partial charge in [-0.05, 0) is 53.6 Å². The Morgan fingerprint density at radius 1 is 0.964 bits per heavy atom. The first-order valence-electron chi connectivity index (χ1n) is 8.45. The fourth-order valence-corrected chi connectivity index (χ4v) is 3.31. The minimum Gasteiger partial charge on any atom is -0.378 e. The fraction of sp³-hybridized carbons (Fsp3) is 0.0455. The predicted octanol–water partition coefficient (Wildman–Crippen LogP) is 6.67. The van der Waals surface area contributed by atoms with Gasteiger partial charge < -0.3 is 5.73 Å². The van der Waals surface area contributed by atoms with E-state index in [1.807, 2.05) is 30.3 Å². The highest BCUT2D eigenvalue weighted by atomic mass is 35.5. The predicted molar refractivity (Wildman–Crippen MR) is 116 cm³/mol. The molecule has 3 rings (SSSR count). The van der Waals surface area contributed by atoms with Crippen molar-refractivity contribution in [2.45, 2.75) is 5.75 Å². The first-order valence-corrected chi connectivity index (χ1v) is 9.81. The summed E-state index contributed by atoms with van der Waals surface area (Å²) < 4.78 is 26.7. The van der Waals surface area contributed by atoms with Crippen LogP contribution in [0.2, 0.25) is 5.02 Å². The highest BCUT2D eigenvalue weighted by Crippen LogP contribution is 2.22.